The van der Waals surface area contributed by atoms with Crippen molar-refractivity contribution in [2.75, 3.05) is 5.32 Å². The van der Waals surface area contributed by atoms with Gasteiger partial charge in [0.1, 0.15) is 5.82 Å². The minimum atomic E-state index is -0.359. The van der Waals surface area contributed by atoms with Crippen molar-refractivity contribution in [3.63, 3.8) is 0 Å². The summed E-state index contributed by atoms with van der Waals surface area (Å²) in [5.74, 6) is 0.242. The van der Waals surface area contributed by atoms with E-state index >= 15 is 0 Å². The highest BCUT2D eigenvalue weighted by Gasteiger charge is 2.08. The molecular formula is C16H14FN3O. The molecule has 3 aromatic rings. The number of nitrogens with zero attached hydrogens (tertiary/aromatic N) is 1. The van der Waals surface area contributed by atoms with Gasteiger partial charge in [0.05, 0.1) is 11.9 Å². The molecule has 106 valence electrons. The zero-order valence-corrected chi connectivity index (χ0v) is 11.2. The number of para-hydroxylation sites is 1. The molecule has 0 radical (unpaired) electrons. The first-order valence-corrected chi connectivity index (χ1v) is 6.53. The first-order chi connectivity index (χ1) is 10.3. The number of halogens is 1. The molecule has 0 unspecified atom stereocenters. The second-order valence-electron chi connectivity index (χ2n) is 4.54. The molecule has 3 rings (SSSR count). The number of nitrogens with one attached hydrogen (secondary N) is 1. The van der Waals surface area contributed by atoms with Gasteiger partial charge in [0.25, 0.3) is 6.01 Å². The number of rotatable bonds is 4. The van der Waals surface area contributed by atoms with E-state index < -0.39 is 0 Å². The molecule has 0 spiro atoms. The molecule has 21 heavy (non-hydrogen) atoms. The lowest BCUT2D eigenvalue weighted by molar-refractivity contribution is 0.587. The monoisotopic (exact) mass is 283 g/mol. The summed E-state index contributed by atoms with van der Waals surface area (Å²) in [6.07, 6.45) is 1.60. The Morgan fingerprint density at radius 3 is 2.81 bits per heavy atom. The van der Waals surface area contributed by atoms with Crippen LogP contribution >= 0.6 is 0 Å². The topological polar surface area (TPSA) is 64.1 Å². The van der Waals surface area contributed by atoms with Gasteiger partial charge in [-0.15, -0.1) is 0 Å². The van der Waals surface area contributed by atoms with E-state index in [1.165, 1.54) is 6.07 Å². The number of anilines is 2. The minimum Gasteiger partial charge on any atom is -0.423 e. The van der Waals surface area contributed by atoms with Gasteiger partial charge in [-0.25, -0.2) is 9.37 Å². The molecule has 4 nitrogen and oxygen atoms in total. The molecule has 0 atom stereocenters. The molecule has 1 heterocycles. The Morgan fingerprint density at radius 1 is 1.14 bits per heavy atom. The SMILES string of the molecule is NCc1cccc(-c2cnc(Nc3ccccc3F)o2)c1. The van der Waals surface area contributed by atoms with Gasteiger partial charge in [-0.3, -0.25) is 0 Å². The molecule has 0 aliphatic rings. The van der Waals surface area contributed by atoms with Crippen LogP contribution in [0.15, 0.2) is 59.1 Å². The highest BCUT2D eigenvalue weighted by atomic mass is 19.1. The smallest absolute Gasteiger partial charge is 0.299 e. The molecule has 0 bridgehead atoms. The minimum absolute atomic E-state index is 0.244. The maximum absolute atomic E-state index is 13.6. The van der Waals surface area contributed by atoms with Crippen LogP contribution in [-0.2, 0) is 6.54 Å². The predicted octanol–water partition coefficient (Wildman–Crippen LogP) is 3.68. The van der Waals surface area contributed by atoms with Crippen molar-refractivity contribution in [2.45, 2.75) is 6.54 Å². The van der Waals surface area contributed by atoms with Crippen molar-refractivity contribution in [3.8, 4) is 11.3 Å². The Bertz CT molecular complexity index is 755. The fraction of sp³-hybridized carbons (Fsp3) is 0.0625. The summed E-state index contributed by atoms with van der Waals surface area (Å²) in [4.78, 5) is 4.11. The van der Waals surface area contributed by atoms with Gasteiger partial charge in [-0.05, 0) is 23.8 Å². The van der Waals surface area contributed by atoms with Crippen LogP contribution in [0.2, 0.25) is 0 Å². The standard InChI is InChI=1S/C16H14FN3O/c17-13-6-1-2-7-14(13)20-16-19-10-15(21-16)12-5-3-4-11(8-12)9-18/h1-8,10H,9,18H2,(H,19,20). The molecule has 0 saturated heterocycles. The van der Waals surface area contributed by atoms with Crippen molar-refractivity contribution in [2.24, 2.45) is 5.73 Å². The third-order valence-corrected chi connectivity index (χ3v) is 3.07. The first-order valence-electron chi connectivity index (χ1n) is 6.53. The van der Waals surface area contributed by atoms with Crippen LogP contribution in [0.25, 0.3) is 11.3 Å². The van der Waals surface area contributed by atoms with Crippen LogP contribution in [-0.4, -0.2) is 4.98 Å². The molecule has 0 aliphatic heterocycles. The summed E-state index contributed by atoms with van der Waals surface area (Å²) < 4.78 is 19.2. The van der Waals surface area contributed by atoms with Gasteiger partial charge < -0.3 is 15.5 Å². The summed E-state index contributed by atoms with van der Waals surface area (Å²) in [5, 5.41) is 2.81. The van der Waals surface area contributed by atoms with E-state index in [-0.39, 0.29) is 11.8 Å². The molecule has 3 N–H and O–H groups in total. The van der Waals surface area contributed by atoms with E-state index in [1.54, 1.807) is 24.4 Å². The lowest BCUT2D eigenvalue weighted by Gasteiger charge is -2.03. The van der Waals surface area contributed by atoms with Crippen LogP contribution in [0, 0.1) is 5.82 Å². The lowest BCUT2D eigenvalue weighted by Crippen LogP contribution is -1.95. The number of aromatic nitrogens is 1. The summed E-state index contributed by atoms with van der Waals surface area (Å²) in [5.41, 5.74) is 7.83. The van der Waals surface area contributed by atoms with Crippen LogP contribution in [0.1, 0.15) is 5.56 Å². The summed E-state index contributed by atoms with van der Waals surface area (Å²) in [7, 11) is 0. The molecule has 2 aromatic carbocycles. The van der Waals surface area contributed by atoms with Crippen LogP contribution in [0.3, 0.4) is 0 Å². The maximum Gasteiger partial charge on any atom is 0.299 e. The number of hydrogen-bond acceptors (Lipinski definition) is 4. The van der Waals surface area contributed by atoms with Crippen LogP contribution in [0.4, 0.5) is 16.1 Å². The summed E-state index contributed by atoms with van der Waals surface area (Å²) in [6.45, 7) is 0.461. The van der Waals surface area contributed by atoms with E-state index in [4.69, 9.17) is 10.2 Å². The average Bonchev–Trinajstić information content (AvgIpc) is 2.98. The number of benzene rings is 2. The summed E-state index contributed by atoms with van der Waals surface area (Å²) in [6, 6.07) is 14.3. The van der Waals surface area contributed by atoms with Crippen LogP contribution in [0.5, 0.6) is 0 Å². The third-order valence-electron chi connectivity index (χ3n) is 3.07. The average molecular weight is 283 g/mol. The quantitative estimate of drug-likeness (QED) is 0.766. The van der Waals surface area contributed by atoms with Gasteiger partial charge in [0.15, 0.2) is 5.76 Å². The Hall–Kier alpha value is -2.66. The van der Waals surface area contributed by atoms with Gasteiger partial charge in [0.2, 0.25) is 0 Å². The van der Waals surface area contributed by atoms with E-state index in [2.05, 4.69) is 10.3 Å². The van der Waals surface area contributed by atoms with Gasteiger partial charge in [-0.2, -0.15) is 0 Å². The molecule has 0 aliphatic carbocycles. The molecule has 0 fully saturated rings. The molecule has 5 heteroatoms. The molecule has 1 aromatic heterocycles. The predicted molar refractivity (Wildman–Crippen MR) is 79.5 cm³/mol. The largest absolute Gasteiger partial charge is 0.423 e. The fourth-order valence-electron chi connectivity index (χ4n) is 1.99. The second kappa shape index (κ2) is 5.76. The zero-order chi connectivity index (χ0) is 14.7. The molecule has 0 amide bonds. The Balaban J connectivity index is 1.85. The van der Waals surface area contributed by atoms with Crippen LogP contribution < -0.4 is 11.1 Å². The first kappa shape index (κ1) is 13.3. The molecular weight excluding hydrogens is 269 g/mol. The number of oxazole rings is 1. The van der Waals surface area contributed by atoms with E-state index in [0.717, 1.165) is 11.1 Å². The second-order valence-corrected chi connectivity index (χ2v) is 4.54. The normalized spacial score (nSPS) is 10.6. The number of hydrogen-bond donors (Lipinski definition) is 2. The highest BCUT2D eigenvalue weighted by Crippen LogP contribution is 2.25. The van der Waals surface area contributed by atoms with E-state index in [1.807, 2.05) is 24.3 Å². The number of nitrogens with two attached hydrogens (primary N) is 1. The summed E-state index contributed by atoms with van der Waals surface area (Å²) >= 11 is 0. The van der Waals surface area contributed by atoms with Crippen molar-refractivity contribution in [3.05, 3.63) is 66.1 Å². The van der Waals surface area contributed by atoms with Crippen molar-refractivity contribution < 1.29 is 8.81 Å². The lowest BCUT2D eigenvalue weighted by atomic mass is 10.1. The van der Waals surface area contributed by atoms with Gasteiger partial charge >= 0.3 is 0 Å². The van der Waals surface area contributed by atoms with Crippen molar-refractivity contribution >= 4 is 11.7 Å². The van der Waals surface area contributed by atoms with Crippen molar-refractivity contribution in [1.82, 2.24) is 4.98 Å². The van der Waals surface area contributed by atoms with E-state index in [0.29, 0.717) is 18.0 Å². The maximum atomic E-state index is 13.6. The zero-order valence-electron chi connectivity index (χ0n) is 11.2. The Morgan fingerprint density at radius 2 is 2.00 bits per heavy atom. The Kier molecular flexibility index (Phi) is 3.66. The fourth-order valence-corrected chi connectivity index (χ4v) is 1.99. The Labute approximate surface area is 121 Å². The highest BCUT2D eigenvalue weighted by molar-refractivity contribution is 5.60. The van der Waals surface area contributed by atoms with Crippen molar-refractivity contribution in [1.29, 1.82) is 0 Å². The molecule has 0 saturated carbocycles. The van der Waals surface area contributed by atoms with E-state index in [9.17, 15) is 4.39 Å². The third kappa shape index (κ3) is 2.93. The van der Waals surface area contributed by atoms with Gasteiger partial charge in [-0.1, -0.05) is 30.3 Å². The van der Waals surface area contributed by atoms with Gasteiger partial charge in [0, 0.05) is 12.1 Å².